The fourth-order valence-corrected chi connectivity index (χ4v) is 1.88. The Bertz CT molecular complexity index is 316. The van der Waals surface area contributed by atoms with Gasteiger partial charge in [0.15, 0.2) is 5.13 Å². The Hall–Kier alpha value is -1.17. The van der Waals surface area contributed by atoms with Crippen LogP contribution in [-0.2, 0) is 0 Å². The topological polar surface area (TPSA) is 45.2 Å². The van der Waals surface area contributed by atoms with Crippen molar-refractivity contribution in [3.8, 4) is 0 Å². The molecule has 14 heavy (non-hydrogen) atoms. The van der Waals surface area contributed by atoms with Crippen molar-refractivity contribution in [2.75, 3.05) is 18.4 Å². The van der Waals surface area contributed by atoms with Crippen LogP contribution < -0.4 is 5.32 Å². The Labute approximate surface area is 84.7 Å². The molecule has 76 valence electrons. The van der Waals surface area contributed by atoms with E-state index in [1.54, 1.807) is 11.6 Å². The van der Waals surface area contributed by atoms with Crippen LogP contribution in [0.3, 0.4) is 0 Å². The lowest BCUT2D eigenvalue weighted by atomic mass is 10.3. The number of halogens is 1. The summed E-state index contributed by atoms with van der Waals surface area (Å²) >= 11 is 1.35. The molecule has 0 radical (unpaired) electrons. The average molecular weight is 215 g/mol. The molecule has 6 heteroatoms. The lowest BCUT2D eigenvalue weighted by Gasteiger charge is -2.14. The summed E-state index contributed by atoms with van der Waals surface area (Å²) in [6.07, 6.45) is 1.17. The van der Waals surface area contributed by atoms with Crippen molar-refractivity contribution in [1.29, 1.82) is 0 Å². The van der Waals surface area contributed by atoms with Gasteiger partial charge >= 0.3 is 6.03 Å². The number of urea groups is 1. The molecule has 0 unspecified atom stereocenters. The van der Waals surface area contributed by atoms with Gasteiger partial charge in [-0.1, -0.05) is 0 Å². The molecule has 0 spiro atoms. The summed E-state index contributed by atoms with van der Waals surface area (Å²) in [6, 6.07) is -0.264. The second kappa shape index (κ2) is 3.91. The molecule has 1 fully saturated rings. The van der Waals surface area contributed by atoms with Crippen molar-refractivity contribution in [1.82, 2.24) is 9.88 Å². The van der Waals surface area contributed by atoms with Crippen molar-refractivity contribution >= 4 is 22.5 Å². The van der Waals surface area contributed by atoms with Gasteiger partial charge in [0.25, 0.3) is 0 Å². The standard InChI is InChI=1S/C8H10FN3OS/c9-6-1-3-12(5-6)8(13)11-7-10-2-4-14-7/h2,4,6H,1,3,5H2,(H,10,11,13)/t6-/m1/s1. The highest BCUT2D eigenvalue weighted by Gasteiger charge is 2.25. The molecule has 2 amide bonds. The van der Waals surface area contributed by atoms with E-state index < -0.39 is 6.17 Å². The molecule has 1 aromatic heterocycles. The molecule has 0 saturated carbocycles. The molecule has 1 atom stereocenters. The number of amides is 2. The Morgan fingerprint density at radius 1 is 1.79 bits per heavy atom. The Morgan fingerprint density at radius 2 is 2.64 bits per heavy atom. The third kappa shape index (κ3) is 2.01. The molecule has 1 aliphatic heterocycles. The third-order valence-corrected chi connectivity index (χ3v) is 2.75. The maximum atomic E-state index is 12.8. The molecular formula is C8H10FN3OS. The number of nitrogens with zero attached hydrogens (tertiary/aromatic N) is 2. The first-order chi connectivity index (χ1) is 6.75. The van der Waals surface area contributed by atoms with Gasteiger partial charge in [-0.2, -0.15) is 0 Å². The largest absolute Gasteiger partial charge is 0.323 e. The number of rotatable bonds is 1. The normalized spacial score (nSPS) is 21.2. The van der Waals surface area contributed by atoms with E-state index in [0.717, 1.165) is 0 Å². The predicted octanol–water partition coefficient (Wildman–Crippen LogP) is 1.72. The minimum Gasteiger partial charge on any atom is -0.321 e. The zero-order valence-electron chi connectivity index (χ0n) is 7.44. The lowest BCUT2D eigenvalue weighted by Crippen LogP contribution is -2.33. The summed E-state index contributed by atoms with van der Waals surface area (Å²) in [5.74, 6) is 0. The van der Waals surface area contributed by atoms with Crippen LogP contribution in [0.2, 0.25) is 0 Å². The maximum absolute atomic E-state index is 12.8. The molecule has 1 aromatic rings. The molecule has 1 saturated heterocycles. The zero-order chi connectivity index (χ0) is 9.97. The van der Waals surface area contributed by atoms with E-state index in [-0.39, 0.29) is 12.6 Å². The minimum absolute atomic E-state index is 0.192. The number of nitrogens with one attached hydrogen (secondary N) is 1. The summed E-state index contributed by atoms with van der Waals surface area (Å²) in [5, 5.41) is 4.94. The summed E-state index contributed by atoms with van der Waals surface area (Å²) in [6.45, 7) is 0.676. The minimum atomic E-state index is -0.878. The van der Waals surface area contributed by atoms with Gasteiger partial charge in [-0.05, 0) is 6.42 Å². The second-order valence-electron chi connectivity index (χ2n) is 3.10. The van der Waals surface area contributed by atoms with Gasteiger partial charge in [0.1, 0.15) is 6.17 Å². The van der Waals surface area contributed by atoms with Crippen molar-refractivity contribution in [3.63, 3.8) is 0 Å². The van der Waals surface area contributed by atoms with Gasteiger partial charge in [0.2, 0.25) is 0 Å². The van der Waals surface area contributed by atoms with E-state index in [1.165, 1.54) is 16.2 Å². The van der Waals surface area contributed by atoms with Gasteiger partial charge < -0.3 is 4.90 Å². The van der Waals surface area contributed by atoms with Crippen LogP contribution in [0.25, 0.3) is 0 Å². The quantitative estimate of drug-likeness (QED) is 0.775. The van der Waals surface area contributed by atoms with Crippen LogP contribution >= 0.6 is 11.3 Å². The Kier molecular flexibility index (Phi) is 2.62. The van der Waals surface area contributed by atoms with E-state index in [0.29, 0.717) is 18.1 Å². The second-order valence-corrected chi connectivity index (χ2v) is 3.99. The van der Waals surface area contributed by atoms with Gasteiger partial charge in [0, 0.05) is 18.1 Å². The summed E-state index contributed by atoms with van der Waals surface area (Å²) < 4.78 is 12.8. The number of alkyl halides is 1. The van der Waals surface area contributed by atoms with Gasteiger partial charge in [0.05, 0.1) is 6.54 Å². The number of carbonyl (C=O) groups is 1. The number of likely N-dealkylation sites (tertiary alicyclic amines) is 1. The number of carbonyl (C=O) groups excluding carboxylic acids is 1. The molecule has 2 rings (SSSR count). The van der Waals surface area contributed by atoms with Crippen molar-refractivity contribution in [3.05, 3.63) is 11.6 Å². The smallest absolute Gasteiger partial charge is 0.321 e. The van der Waals surface area contributed by atoms with Crippen LogP contribution in [0, 0.1) is 0 Å². The Balaban J connectivity index is 1.90. The SMILES string of the molecule is O=C(Nc1nccs1)N1CC[C@@H](F)C1. The molecule has 1 aliphatic rings. The first kappa shape index (κ1) is 9.39. The van der Waals surface area contributed by atoms with Crippen LogP contribution in [0.1, 0.15) is 6.42 Å². The van der Waals surface area contributed by atoms with Crippen LogP contribution in [-0.4, -0.2) is 35.2 Å². The molecule has 0 bridgehead atoms. The summed E-state index contributed by atoms with van der Waals surface area (Å²) in [5.41, 5.74) is 0. The number of hydrogen-bond acceptors (Lipinski definition) is 3. The van der Waals surface area contributed by atoms with E-state index in [9.17, 15) is 9.18 Å². The highest BCUT2D eigenvalue weighted by molar-refractivity contribution is 7.13. The Morgan fingerprint density at radius 3 is 3.21 bits per heavy atom. The van der Waals surface area contributed by atoms with E-state index >= 15 is 0 Å². The zero-order valence-corrected chi connectivity index (χ0v) is 8.26. The molecule has 4 nitrogen and oxygen atoms in total. The number of aromatic nitrogens is 1. The van der Waals surface area contributed by atoms with Gasteiger partial charge in [-0.15, -0.1) is 11.3 Å². The van der Waals surface area contributed by atoms with Crippen molar-refractivity contribution in [2.24, 2.45) is 0 Å². The molecular weight excluding hydrogens is 205 g/mol. The first-order valence-corrected chi connectivity index (χ1v) is 5.23. The fourth-order valence-electron chi connectivity index (χ4n) is 1.36. The van der Waals surface area contributed by atoms with E-state index in [2.05, 4.69) is 10.3 Å². The monoisotopic (exact) mass is 215 g/mol. The summed E-state index contributed by atoms with van der Waals surface area (Å²) in [7, 11) is 0. The lowest BCUT2D eigenvalue weighted by molar-refractivity contribution is 0.218. The van der Waals surface area contributed by atoms with Crippen LogP contribution in [0.5, 0.6) is 0 Å². The van der Waals surface area contributed by atoms with Gasteiger partial charge in [-0.25, -0.2) is 14.2 Å². The average Bonchev–Trinajstić information content (AvgIpc) is 2.75. The maximum Gasteiger partial charge on any atom is 0.323 e. The molecule has 2 heterocycles. The highest BCUT2D eigenvalue weighted by atomic mass is 32.1. The third-order valence-electron chi connectivity index (χ3n) is 2.06. The van der Waals surface area contributed by atoms with Crippen LogP contribution in [0.4, 0.5) is 14.3 Å². The van der Waals surface area contributed by atoms with Crippen molar-refractivity contribution < 1.29 is 9.18 Å². The molecule has 1 N–H and O–H groups in total. The van der Waals surface area contributed by atoms with E-state index in [4.69, 9.17) is 0 Å². The highest BCUT2D eigenvalue weighted by Crippen LogP contribution is 2.15. The molecule has 0 aromatic carbocycles. The van der Waals surface area contributed by atoms with E-state index in [1.807, 2.05) is 0 Å². The summed E-state index contributed by atoms with van der Waals surface area (Å²) in [4.78, 5) is 16.9. The number of anilines is 1. The van der Waals surface area contributed by atoms with Crippen LogP contribution in [0.15, 0.2) is 11.6 Å². The molecule has 0 aliphatic carbocycles. The first-order valence-electron chi connectivity index (χ1n) is 4.35. The number of thiazole rings is 1. The van der Waals surface area contributed by atoms with Gasteiger partial charge in [-0.3, -0.25) is 5.32 Å². The number of hydrogen-bond donors (Lipinski definition) is 1. The predicted molar refractivity (Wildman–Crippen MR) is 52.2 cm³/mol. The van der Waals surface area contributed by atoms with Crippen molar-refractivity contribution in [2.45, 2.75) is 12.6 Å². The fraction of sp³-hybridized carbons (Fsp3) is 0.500.